The Balaban J connectivity index is 1.46. The minimum Gasteiger partial charge on any atom is -0.322 e. The number of anilines is 1. The highest BCUT2D eigenvalue weighted by atomic mass is 32.2. The highest BCUT2D eigenvalue weighted by molar-refractivity contribution is 7.99. The topological polar surface area (TPSA) is 64.7 Å². The third-order valence-corrected chi connectivity index (χ3v) is 6.23. The number of aromatic nitrogens is 4. The molecular formula is C24H25N5OS. The van der Waals surface area contributed by atoms with Crippen LogP contribution in [0.2, 0.25) is 0 Å². The first-order valence-corrected chi connectivity index (χ1v) is 11.1. The van der Waals surface area contributed by atoms with Gasteiger partial charge >= 0.3 is 0 Å². The summed E-state index contributed by atoms with van der Waals surface area (Å²) in [6.07, 6.45) is 3.68. The molecule has 2 heterocycles. The Morgan fingerprint density at radius 3 is 2.52 bits per heavy atom. The van der Waals surface area contributed by atoms with E-state index in [0.717, 1.165) is 33.6 Å². The van der Waals surface area contributed by atoms with Gasteiger partial charge < -0.3 is 5.32 Å². The van der Waals surface area contributed by atoms with E-state index < -0.39 is 0 Å². The van der Waals surface area contributed by atoms with Gasteiger partial charge in [-0.15, -0.1) is 0 Å². The Hall–Kier alpha value is -3.32. The monoisotopic (exact) mass is 431 g/mol. The van der Waals surface area contributed by atoms with E-state index in [4.69, 9.17) is 0 Å². The second kappa shape index (κ2) is 8.81. The molecule has 0 unspecified atom stereocenters. The van der Waals surface area contributed by atoms with Crippen LogP contribution in [0.1, 0.15) is 22.5 Å². The quantitative estimate of drug-likeness (QED) is 0.435. The van der Waals surface area contributed by atoms with Gasteiger partial charge in [0.1, 0.15) is 0 Å². The summed E-state index contributed by atoms with van der Waals surface area (Å²) < 4.78 is 3.86. The van der Waals surface area contributed by atoms with Crippen molar-refractivity contribution in [2.45, 2.75) is 32.9 Å². The number of rotatable bonds is 6. The second-order valence-corrected chi connectivity index (χ2v) is 8.42. The average molecular weight is 432 g/mol. The molecule has 2 aromatic heterocycles. The molecule has 0 saturated carbocycles. The van der Waals surface area contributed by atoms with Gasteiger partial charge in [0.05, 0.1) is 28.5 Å². The van der Waals surface area contributed by atoms with E-state index in [1.807, 2.05) is 59.6 Å². The minimum atomic E-state index is -0.0848. The number of thioether (sulfide) groups is 1. The molecule has 0 spiro atoms. The number of nitrogens with zero attached hydrogens (tertiary/aromatic N) is 4. The molecule has 0 fully saturated rings. The van der Waals surface area contributed by atoms with Crippen molar-refractivity contribution in [2.24, 2.45) is 0 Å². The number of hydrogen-bond acceptors (Lipinski definition) is 4. The van der Waals surface area contributed by atoms with Crippen LogP contribution < -0.4 is 5.32 Å². The molecule has 4 rings (SSSR count). The van der Waals surface area contributed by atoms with Crippen molar-refractivity contribution in [1.29, 1.82) is 0 Å². The molecule has 0 radical (unpaired) electrons. The van der Waals surface area contributed by atoms with Crippen molar-refractivity contribution in [3.8, 4) is 11.4 Å². The van der Waals surface area contributed by atoms with Crippen LogP contribution in [0.15, 0.2) is 66.1 Å². The predicted molar refractivity (Wildman–Crippen MR) is 125 cm³/mol. The molecule has 158 valence electrons. The highest BCUT2D eigenvalue weighted by Gasteiger charge is 2.16. The summed E-state index contributed by atoms with van der Waals surface area (Å²) in [4.78, 5) is 17.1. The van der Waals surface area contributed by atoms with Crippen LogP contribution in [0.5, 0.6) is 0 Å². The molecule has 1 N–H and O–H groups in total. The van der Waals surface area contributed by atoms with Gasteiger partial charge in [0.25, 0.3) is 0 Å². The molecule has 1 amide bonds. The fourth-order valence-corrected chi connectivity index (χ4v) is 4.19. The van der Waals surface area contributed by atoms with Crippen molar-refractivity contribution >= 4 is 23.4 Å². The number of amides is 1. The highest BCUT2D eigenvalue weighted by Crippen LogP contribution is 2.25. The zero-order chi connectivity index (χ0) is 22.0. The molecular weight excluding hydrogens is 406 g/mol. The van der Waals surface area contributed by atoms with E-state index in [1.165, 1.54) is 22.9 Å². The molecule has 0 saturated heterocycles. The number of para-hydroxylation sites is 1. The largest absolute Gasteiger partial charge is 0.322 e. The summed E-state index contributed by atoms with van der Waals surface area (Å²) in [5.41, 5.74) is 6.93. The number of nitrogens with one attached hydrogen (secondary N) is 1. The number of hydrogen-bond donors (Lipinski definition) is 1. The van der Waals surface area contributed by atoms with E-state index in [-0.39, 0.29) is 11.7 Å². The van der Waals surface area contributed by atoms with Crippen LogP contribution in [0.4, 0.5) is 5.69 Å². The summed E-state index contributed by atoms with van der Waals surface area (Å²) in [6, 6.07) is 16.2. The number of benzene rings is 2. The van der Waals surface area contributed by atoms with Crippen LogP contribution >= 0.6 is 11.8 Å². The molecule has 0 atom stereocenters. The molecule has 6 nitrogen and oxygen atoms in total. The zero-order valence-corrected chi connectivity index (χ0v) is 18.9. The predicted octanol–water partition coefficient (Wildman–Crippen LogP) is 5.02. The van der Waals surface area contributed by atoms with Crippen LogP contribution in [-0.2, 0) is 4.79 Å². The average Bonchev–Trinajstić information content (AvgIpc) is 3.35. The fraction of sp³-hybridized carbons (Fsp3) is 0.208. The Labute approximate surface area is 186 Å². The minimum absolute atomic E-state index is 0.0848. The van der Waals surface area contributed by atoms with Crippen LogP contribution in [0.25, 0.3) is 11.4 Å². The summed E-state index contributed by atoms with van der Waals surface area (Å²) in [5.74, 6) is 0.176. The van der Waals surface area contributed by atoms with Crippen LogP contribution in [-0.4, -0.2) is 31.0 Å². The molecule has 0 aliphatic heterocycles. The van der Waals surface area contributed by atoms with Gasteiger partial charge in [-0.2, -0.15) is 5.10 Å². The maximum atomic E-state index is 12.7. The first-order chi connectivity index (χ1) is 14.9. The lowest BCUT2D eigenvalue weighted by atomic mass is 10.1. The Bertz CT molecular complexity index is 1230. The molecule has 7 heteroatoms. The molecule has 31 heavy (non-hydrogen) atoms. The van der Waals surface area contributed by atoms with E-state index >= 15 is 0 Å². The van der Waals surface area contributed by atoms with Crippen molar-refractivity contribution in [1.82, 2.24) is 19.3 Å². The number of carbonyl (C=O) groups is 1. The van der Waals surface area contributed by atoms with E-state index in [0.29, 0.717) is 0 Å². The molecule has 4 aromatic rings. The van der Waals surface area contributed by atoms with Gasteiger partial charge in [-0.05, 0) is 63.1 Å². The normalized spacial score (nSPS) is 11.0. The fourth-order valence-electron chi connectivity index (χ4n) is 3.42. The first kappa shape index (κ1) is 20.9. The summed E-state index contributed by atoms with van der Waals surface area (Å²) >= 11 is 1.41. The van der Waals surface area contributed by atoms with Crippen molar-refractivity contribution in [2.75, 3.05) is 11.1 Å². The van der Waals surface area contributed by atoms with E-state index in [2.05, 4.69) is 47.4 Å². The smallest absolute Gasteiger partial charge is 0.234 e. The number of imidazole rings is 1. The van der Waals surface area contributed by atoms with Gasteiger partial charge in [-0.3, -0.25) is 9.36 Å². The molecule has 0 aliphatic carbocycles. The molecule has 2 aromatic carbocycles. The number of aryl methyl sites for hydroxylation is 3. The Kier molecular flexibility index (Phi) is 5.95. The Morgan fingerprint density at radius 1 is 1.00 bits per heavy atom. The van der Waals surface area contributed by atoms with E-state index in [9.17, 15) is 4.79 Å². The summed E-state index contributed by atoms with van der Waals surface area (Å²) in [5, 5.41) is 8.40. The Morgan fingerprint density at radius 2 is 1.77 bits per heavy atom. The lowest BCUT2D eigenvalue weighted by Crippen LogP contribution is -2.15. The SMILES string of the molecule is Cc1ccc(-n2ccnc2SCC(=O)Nc2c(C)nn(-c3ccccc3)c2C)cc1C. The summed E-state index contributed by atoms with van der Waals surface area (Å²) in [6.45, 7) is 8.05. The van der Waals surface area contributed by atoms with Crippen molar-refractivity contribution < 1.29 is 4.79 Å². The third-order valence-electron chi connectivity index (χ3n) is 5.26. The van der Waals surface area contributed by atoms with Gasteiger partial charge in [0.15, 0.2) is 5.16 Å². The third kappa shape index (κ3) is 4.41. The van der Waals surface area contributed by atoms with Crippen molar-refractivity contribution in [3.63, 3.8) is 0 Å². The molecule has 0 aliphatic rings. The maximum Gasteiger partial charge on any atom is 0.234 e. The lowest BCUT2D eigenvalue weighted by Gasteiger charge is -2.10. The first-order valence-electron chi connectivity index (χ1n) is 10.1. The zero-order valence-electron chi connectivity index (χ0n) is 18.1. The van der Waals surface area contributed by atoms with Crippen molar-refractivity contribution in [3.05, 3.63) is 83.4 Å². The maximum absolute atomic E-state index is 12.7. The van der Waals surface area contributed by atoms with Crippen LogP contribution in [0.3, 0.4) is 0 Å². The summed E-state index contributed by atoms with van der Waals surface area (Å²) in [7, 11) is 0. The second-order valence-electron chi connectivity index (χ2n) is 7.48. The van der Waals surface area contributed by atoms with Gasteiger partial charge in [-0.1, -0.05) is 36.0 Å². The number of carbonyl (C=O) groups excluding carboxylic acids is 1. The lowest BCUT2D eigenvalue weighted by molar-refractivity contribution is -0.113. The van der Waals surface area contributed by atoms with Gasteiger partial charge in [0.2, 0.25) is 5.91 Å². The van der Waals surface area contributed by atoms with Crippen LogP contribution in [0, 0.1) is 27.7 Å². The standard InChI is InChI=1S/C24H25N5OS/c1-16-10-11-21(14-17(16)2)28-13-12-25-24(28)31-15-22(30)26-23-18(3)27-29(19(23)4)20-8-6-5-7-9-20/h5-14H,15H2,1-4H3,(H,26,30). The van der Waals surface area contributed by atoms with Gasteiger partial charge in [0, 0.05) is 18.1 Å². The molecule has 0 bridgehead atoms. The van der Waals surface area contributed by atoms with Gasteiger partial charge in [-0.25, -0.2) is 9.67 Å². The van der Waals surface area contributed by atoms with E-state index in [1.54, 1.807) is 6.20 Å².